The lowest BCUT2D eigenvalue weighted by atomic mass is 9.74. The number of halogens is 1. The molecule has 0 unspecified atom stereocenters. The van der Waals surface area contributed by atoms with Gasteiger partial charge in [0.2, 0.25) is 0 Å². The van der Waals surface area contributed by atoms with Crippen LogP contribution < -0.4 is 10.2 Å². The Kier molecular flexibility index (Phi) is 8.76. The summed E-state index contributed by atoms with van der Waals surface area (Å²) in [5, 5.41) is 11.0. The number of hydrogen-bond acceptors (Lipinski definition) is 5. The topological polar surface area (TPSA) is 60.7 Å². The molecule has 8 heteroatoms. The monoisotopic (exact) mass is 537 g/mol. The molecular weight excluding hydrogens is 496 g/mol. The van der Waals surface area contributed by atoms with Crippen LogP contribution in [-0.2, 0) is 14.0 Å². The van der Waals surface area contributed by atoms with Gasteiger partial charge in [-0.15, -0.1) is 5.54 Å². The van der Waals surface area contributed by atoms with E-state index in [4.69, 9.17) is 18.8 Å². The average Bonchev–Trinajstić information content (AvgIpc) is 3.04. The molecule has 0 atom stereocenters. The fraction of sp³-hybridized carbons (Fsp3) is 0.567. The lowest BCUT2D eigenvalue weighted by molar-refractivity contribution is 0.00578. The summed E-state index contributed by atoms with van der Waals surface area (Å²) in [6.07, 6.45) is 0. The lowest BCUT2D eigenvalue weighted by Gasteiger charge is -2.38. The van der Waals surface area contributed by atoms with Crippen molar-refractivity contribution in [2.24, 2.45) is 0 Å². The van der Waals surface area contributed by atoms with Crippen molar-refractivity contribution in [2.45, 2.75) is 97.1 Å². The first-order valence-corrected chi connectivity index (χ1v) is 15.6. The number of benzene rings is 2. The Morgan fingerprint density at radius 2 is 1.53 bits per heavy atom. The largest absolute Gasteiger partial charge is 0.495 e. The third kappa shape index (κ3) is 5.25. The second-order valence-corrected chi connectivity index (χ2v) is 17.7. The second-order valence-electron chi connectivity index (χ2n) is 12.1. The van der Waals surface area contributed by atoms with Gasteiger partial charge in [-0.05, 0) is 73.4 Å². The number of ether oxygens (including phenoxy) is 2. The van der Waals surface area contributed by atoms with Crippen molar-refractivity contribution < 1.29 is 23.2 Å². The Morgan fingerprint density at radius 1 is 0.974 bits per heavy atom. The molecular formula is C30H41BFNO4Si. The maximum atomic E-state index is 16.0. The van der Waals surface area contributed by atoms with Crippen LogP contribution in [0.25, 0.3) is 10.8 Å². The summed E-state index contributed by atoms with van der Waals surface area (Å²) < 4.78 is 39.7. The van der Waals surface area contributed by atoms with Crippen LogP contribution in [0.15, 0.2) is 18.2 Å². The summed E-state index contributed by atoms with van der Waals surface area (Å²) in [6, 6.07) is 7.14. The Balaban J connectivity index is 2.42. The summed E-state index contributed by atoms with van der Waals surface area (Å²) in [4.78, 5) is 0. The Hall–Kier alpha value is -2.36. The van der Waals surface area contributed by atoms with Gasteiger partial charge in [-0.2, -0.15) is 5.26 Å². The zero-order valence-electron chi connectivity index (χ0n) is 24.7. The molecule has 5 nitrogen and oxygen atoms in total. The maximum Gasteiger partial charge on any atom is 0.495 e. The van der Waals surface area contributed by atoms with Crippen LogP contribution in [0.5, 0.6) is 5.75 Å². The van der Waals surface area contributed by atoms with Gasteiger partial charge >= 0.3 is 7.12 Å². The first-order valence-electron chi connectivity index (χ1n) is 13.3. The van der Waals surface area contributed by atoms with E-state index < -0.39 is 32.2 Å². The van der Waals surface area contributed by atoms with E-state index in [1.54, 1.807) is 25.3 Å². The highest BCUT2D eigenvalue weighted by molar-refractivity contribution is 6.90. The van der Waals surface area contributed by atoms with Gasteiger partial charge in [-0.1, -0.05) is 47.5 Å². The fourth-order valence-corrected chi connectivity index (χ4v) is 10.9. The quantitative estimate of drug-likeness (QED) is 0.223. The molecule has 0 aliphatic carbocycles. The Morgan fingerprint density at radius 3 is 2.00 bits per heavy atom. The van der Waals surface area contributed by atoms with E-state index in [9.17, 15) is 5.26 Å². The normalized spacial score (nSPS) is 16.7. The van der Waals surface area contributed by atoms with Crippen LogP contribution in [0.3, 0.4) is 0 Å². The van der Waals surface area contributed by atoms with Crippen molar-refractivity contribution in [3.63, 3.8) is 0 Å². The highest BCUT2D eigenvalue weighted by atomic mass is 28.3. The third-order valence-electron chi connectivity index (χ3n) is 8.42. The van der Waals surface area contributed by atoms with Crippen molar-refractivity contribution in [1.82, 2.24) is 0 Å². The van der Waals surface area contributed by atoms with Crippen LogP contribution in [0.1, 0.15) is 80.4 Å². The molecule has 0 aromatic heterocycles. The predicted octanol–water partition coefficient (Wildman–Crippen LogP) is 6.70. The van der Waals surface area contributed by atoms with Crippen molar-refractivity contribution in [3.8, 4) is 23.3 Å². The summed E-state index contributed by atoms with van der Waals surface area (Å²) in [5.74, 6) is 3.18. The molecule has 2 aromatic carbocycles. The van der Waals surface area contributed by atoms with E-state index in [1.807, 2.05) is 33.8 Å². The first-order chi connectivity index (χ1) is 17.6. The highest BCUT2D eigenvalue weighted by Gasteiger charge is 2.52. The zero-order chi connectivity index (χ0) is 28.6. The number of fused-ring (bicyclic) bond motifs is 1. The molecule has 38 heavy (non-hydrogen) atoms. The predicted molar refractivity (Wildman–Crippen MR) is 155 cm³/mol. The minimum atomic E-state index is -2.19. The van der Waals surface area contributed by atoms with E-state index in [1.165, 1.54) is 0 Å². The van der Waals surface area contributed by atoms with Crippen molar-refractivity contribution in [3.05, 3.63) is 35.1 Å². The van der Waals surface area contributed by atoms with E-state index >= 15 is 4.39 Å². The van der Waals surface area contributed by atoms with Crippen LogP contribution in [0.4, 0.5) is 4.39 Å². The summed E-state index contributed by atoms with van der Waals surface area (Å²) in [5.41, 5.74) is 4.33. The van der Waals surface area contributed by atoms with E-state index in [0.717, 1.165) is 0 Å². The first kappa shape index (κ1) is 30.2. The van der Waals surface area contributed by atoms with Gasteiger partial charge in [-0.25, -0.2) is 4.39 Å². The van der Waals surface area contributed by atoms with Crippen LogP contribution >= 0.6 is 0 Å². The van der Waals surface area contributed by atoms with Crippen LogP contribution in [0.2, 0.25) is 16.6 Å². The second kappa shape index (κ2) is 11.0. The summed E-state index contributed by atoms with van der Waals surface area (Å²) in [7, 11) is -1.42. The van der Waals surface area contributed by atoms with Gasteiger partial charge in [0.15, 0.2) is 12.6 Å². The molecule has 3 rings (SSSR count). The van der Waals surface area contributed by atoms with Gasteiger partial charge < -0.3 is 18.8 Å². The molecule has 0 N–H and O–H groups in total. The molecule has 0 amide bonds. The van der Waals surface area contributed by atoms with Crippen LogP contribution in [0, 0.1) is 28.6 Å². The third-order valence-corrected chi connectivity index (χ3v) is 14.7. The molecule has 1 heterocycles. The van der Waals surface area contributed by atoms with Gasteiger partial charge in [-0.3, -0.25) is 0 Å². The Labute approximate surface area is 229 Å². The fourth-order valence-electron chi connectivity index (χ4n) is 5.69. The van der Waals surface area contributed by atoms with Crippen molar-refractivity contribution in [2.75, 3.05) is 13.9 Å². The van der Waals surface area contributed by atoms with Gasteiger partial charge in [0, 0.05) is 12.5 Å². The molecule has 2 aromatic rings. The molecule has 0 bridgehead atoms. The molecule has 204 valence electrons. The van der Waals surface area contributed by atoms with Crippen molar-refractivity contribution in [1.29, 1.82) is 5.26 Å². The van der Waals surface area contributed by atoms with E-state index in [-0.39, 0.29) is 17.9 Å². The number of hydrogen-bond donors (Lipinski definition) is 0. The number of rotatable bonds is 7. The standard InChI is InChI=1S/C30H41BFNO4Si/c1-19(2)38(20(3)4,21(5)6)13-12-25-27-22(14-23(17-33)28(25)32)15-24(35-18-34-11)16-26(27)31-36-29(7,8)30(9,10)37-31/h14-16,19-21H,18H2,1-11H3. The Bertz CT molecular complexity index is 1270. The van der Waals surface area contributed by atoms with Crippen LogP contribution in [-0.4, -0.2) is 40.3 Å². The number of nitrogens with zero attached hydrogens (tertiary/aromatic N) is 1. The van der Waals surface area contributed by atoms with Gasteiger partial charge in [0.25, 0.3) is 0 Å². The molecule has 0 saturated carbocycles. The molecule has 0 spiro atoms. The van der Waals surface area contributed by atoms with Gasteiger partial charge in [0.05, 0.1) is 22.3 Å². The van der Waals surface area contributed by atoms with Gasteiger partial charge in [0.1, 0.15) is 19.9 Å². The van der Waals surface area contributed by atoms with E-state index in [2.05, 4.69) is 53.0 Å². The smallest absolute Gasteiger partial charge is 0.468 e. The molecule has 1 fully saturated rings. The number of nitriles is 1. The minimum Gasteiger partial charge on any atom is -0.468 e. The summed E-state index contributed by atoms with van der Waals surface area (Å²) >= 11 is 0. The molecule has 1 aliphatic rings. The molecule has 1 saturated heterocycles. The number of methoxy groups -OCH3 is 1. The maximum absolute atomic E-state index is 16.0. The molecule has 0 radical (unpaired) electrons. The SMILES string of the molecule is COCOc1cc(B2OC(C)(C)C(C)(C)O2)c2c(C#C[Si](C(C)C)(C(C)C)C(C)C)c(F)c(C#N)cc2c1. The lowest BCUT2D eigenvalue weighted by Crippen LogP contribution is -2.43. The average molecular weight is 538 g/mol. The summed E-state index contributed by atoms with van der Waals surface area (Å²) in [6.45, 7) is 21.3. The van der Waals surface area contributed by atoms with Crippen molar-refractivity contribution >= 4 is 31.4 Å². The van der Waals surface area contributed by atoms with E-state index in [0.29, 0.717) is 38.6 Å². The molecule has 1 aliphatic heterocycles. The highest BCUT2D eigenvalue weighted by Crippen LogP contribution is 2.41. The minimum absolute atomic E-state index is 0.0402. The zero-order valence-corrected chi connectivity index (χ0v) is 25.7.